The van der Waals surface area contributed by atoms with Gasteiger partial charge < -0.3 is 20.6 Å². The van der Waals surface area contributed by atoms with Gasteiger partial charge in [0.15, 0.2) is 0 Å². The van der Waals surface area contributed by atoms with Crippen molar-refractivity contribution in [2.24, 2.45) is 52.1 Å². The quantitative estimate of drug-likeness (QED) is 0.630. The van der Waals surface area contributed by atoms with E-state index in [9.17, 15) is 5.11 Å². The van der Waals surface area contributed by atoms with Crippen LogP contribution in [0.2, 0.25) is 0 Å². The molecule has 0 aromatic rings. The maximum Gasteiger partial charge on any atom is 0.0602 e. The highest BCUT2D eigenvalue weighted by Gasteiger charge is 2.63. The van der Waals surface area contributed by atoms with Crippen molar-refractivity contribution in [3.63, 3.8) is 0 Å². The van der Waals surface area contributed by atoms with E-state index in [0.29, 0.717) is 17.4 Å². The van der Waals surface area contributed by atoms with E-state index in [4.69, 9.17) is 5.73 Å². The molecule has 4 saturated carbocycles. The highest BCUT2D eigenvalue weighted by Crippen LogP contribution is 2.68. The summed E-state index contributed by atoms with van der Waals surface area (Å²) in [4.78, 5) is 5.12. The van der Waals surface area contributed by atoms with E-state index in [2.05, 4.69) is 37.6 Å². The maximum atomic E-state index is 11.8. The minimum atomic E-state index is -0.109. The van der Waals surface area contributed by atoms with Gasteiger partial charge in [-0.25, -0.2) is 0 Å². The lowest BCUT2D eigenvalue weighted by Gasteiger charge is -2.62. The van der Waals surface area contributed by atoms with Crippen LogP contribution in [-0.4, -0.2) is 66.8 Å². The smallest absolute Gasteiger partial charge is 0.0602 e. The molecule has 190 valence electrons. The van der Waals surface area contributed by atoms with E-state index < -0.39 is 0 Å². The third-order valence-corrected chi connectivity index (χ3v) is 12.3. The third-order valence-electron chi connectivity index (χ3n) is 12.3. The predicted molar refractivity (Wildman–Crippen MR) is 137 cm³/mol. The summed E-state index contributed by atoms with van der Waals surface area (Å²) in [5, 5.41) is 11.8. The van der Waals surface area contributed by atoms with Crippen molar-refractivity contribution < 1.29 is 5.11 Å². The molecule has 5 rings (SSSR count). The number of likely N-dealkylation sites (N-methyl/N-ethyl adjacent to an activating group) is 1. The maximum absolute atomic E-state index is 11.8. The molecular weight excluding hydrogens is 406 g/mol. The van der Waals surface area contributed by atoms with Gasteiger partial charge in [0, 0.05) is 32.2 Å². The summed E-state index contributed by atoms with van der Waals surface area (Å²) < 4.78 is 0. The second kappa shape index (κ2) is 9.37. The van der Waals surface area contributed by atoms with Gasteiger partial charge in [-0.05, 0) is 124 Å². The molecule has 0 bridgehead atoms. The van der Waals surface area contributed by atoms with Gasteiger partial charge in [0.2, 0.25) is 0 Å². The summed E-state index contributed by atoms with van der Waals surface area (Å²) in [6.07, 6.45) is 12.8. The number of nitrogens with two attached hydrogens (primary N) is 1. The average Bonchev–Trinajstić information content (AvgIpc) is 3.15. The Hall–Kier alpha value is -0.160. The number of aliphatic hydroxyl groups excluding tert-OH is 1. The normalized spacial score (nSPS) is 49.8. The Labute approximate surface area is 204 Å². The first-order valence-electron chi connectivity index (χ1n) is 14.6. The van der Waals surface area contributed by atoms with Crippen LogP contribution in [0, 0.1) is 46.3 Å². The molecule has 33 heavy (non-hydrogen) atoms. The van der Waals surface area contributed by atoms with Crippen molar-refractivity contribution in [1.29, 1.82) is 0 Å². The van der Waals surface area contributed by atoms with Gasteiger partial charge in [0.1, 0.15) is 0 Å². The van der Waals surface area contributed by atoms with Crippen LogP contribution in [0.25, 0.3) is 0 Å². The lowest BCUT2D eigenvalue weighted by molar-refractivity contribution is -0.169. The van der Waals surface area contributed by atoms with Crippen LogP contribution in [0.3, 0.4) is 0 Å². The molecule has 0 radical (unpaired) electrons. The molecule has 4 heteroatoms. The number of aliphatic hydroxyl groups is 1. The molecule has 1 aliphatic heterocycles. The number of nitrogens with zero attached hydrogens (tertiary/aromatic N) is 2. The molecule has 1 saturated heterocycles. The molecule has 5 fully saturated rings. The van der Waals surface area contributed by atoms with Gasteiger partial charge in [-0.15, -0.1) is 0 Å². The largest absolute Gasteiger partial charge is 0.393 e. The molecule has 0 spiro atoms. The van der Waals surface area contributed by atoms with Gasteiger partial charge in [-0.3, -0.25) is 0 Å². The summed E-state index contributed by atoms with van der Waals surface area (Å²) in [6.45, 7) is 13.8. The minimum Gasteiger partial charge on any atom is -0.393 e. The van der Waals surface area contributed by atoms with E-state index in [1.165, 1.54) is 90.5 Å². The van der Waals surface area contributed by atoms with Crippen LogP contribution >= 0.6 is 0 Å². The van der Waals surface area contributed by atoms with E-state index in [1.54, 1.807) is 0 Å². The van der Waals surface area contributed by atoms with Crippen molar-refractivity contribution in [3.05, 3.63) is 0 Å². The summed E-state index contributed by atoms with van der Waals surface area (Å²) in [5.74, 6) is 4.55. The van der Waals surface area contributed by atoms with Crippen LogP contribution in [0.4, 0.5) is 0 Å². The van der Waals surface area contributed by atoms with Crippen LogP contribution in [0.5, 0.6) is 0 Å². The molecule has 10 atom stereocenters. The second-order valence-corrected chi connectivity index (χ2v) is 13.8. The minimum absolute atomic E-state index is 0.109. The Kier molecular flexibility index (Phi) is 6.97. The molecule has 0 aromatic carbocycles. The Balaban J connectivity index is 1.23. The highest BCUT2D eigenvalue weighted by molar-refractivity contribution is 5.12. The number of hydrogen-bond acceptors (Lipinski definition) is 4. The summed E-state index contributed by atoms with van der Waals surface area (Å²) in [6, 6.07) is 0.418. The second-order valence-electron chi connectivity index (χ2n) is 13.8. The molecule has 1 heterocycles. The van der Waals surface area contributed by atoms with Crippen LogP contribution < -0.4 is 5.73 Å². The fourth-order valence-corrected chi connectivity index (χ4v) is 10.1. The first-order valence-corrected chi connectivity index (χ1v) is 14.6. The third kappa shape index (κ3) is 4.23. The first kappa shape index (κ1) is 24.5. The Bertz CT molecular complexity index is 678. The summed E-state index contributed by atoms with van der Waals surface area (Å²) in [5.41, 5.74) is 6.96. The molecule has 5 aliphatic rings. The Morgan fingerprint density at radius 3 is 2.48 bits per heavy atom. The topological polar surface area (TPSA) is 52.7 Å². The first-order chi connectivity index (χ1) is 15.7. The van der Waals surface area contributed by atoms with Gasteiger partial charge in [-0.1, -0.05) is 20.8 Å². The number of fused-ring (bicyclic) bond motifs is 5. The van der Waals surface area contributed by atoms with Crippen molar-refractivity contribution in [2.45, 2.75) is 97.1 Å². The number of piperazine rings is 1. The van der Waals surface area contributed by atoms with E-state index in [-0.39, 0.29) is 11.5 Å². The Morgan fingerprint density at radius 2 is 1.73 bits per heavy atom. The molecule has 4 nitrogen and oxygen atoms in total. The van der Waals surface area contributed by atoms with Crippen LogP contribution in [0.1, 0.15) is 85.0 Å². The van der Waals surface area contributed by atoms with Crippen LogP contribution in [0.15, 0.2) is 0 Å². The lowest BCUT2D eigenvalue weighted by atomic mass is 9.43. The van der Waals surface area contributed by atoms with Gasteiger partial charge in [0.25, 0.3) is 0 Å². The number of rotatable bonds is 5. The Morgan fingerprint density at radius 1 is 0.970 bits per heavy atom. The lowest BCUT2D eigenvalue weighted by Crippen LogP contribution is -2.59. The van der Waals surface area contributed by atoms with Gasteiger partial charge in [0.05, 0.1) is 6.10 Å². The highest BCUT2D eigenvalue weighted by atomic mass is 16.3. The predicted octanol–water partition coefficient (Wildman–Crippen LogP) is 4.61. The van der Waals surface area contributed by atoms with Gasteiger partial charge in [-0.2, -0.15) is 0 Å². The molecule has 0 amide bonds. The van der Waals surface area contributed by atoms with E-state index >= 15 is 0 Å². The summed E-state index contributed by atoms with van der Waals surface area (Å²) >= 11 is 0. The van der Waals surface area contributed by atoms with Crippen molar-refractivity contribution in [2.75, 3.05) is 39.8 Å². The van der Waals surface area contributed by atoms with E-state index in [0.717, 1.165) is 36.0 Å². The standard InChI is InChI=1S/C29H53N3O/c1-20(6-5-13-32-16-14-31(4)15-17-32)24-9-10-25-23-8-7-21-18-22(30)11-12-28(21,2)26(23)19-27(33)29(24,25)3/h20-27,33H,5-19,30H2,1-4H3/t20-,21-,22+,23+,24-,25+,26+,27+,28+,29-/m1/s1. The molecule has 0 aromatic heterocycles. The zero-order valence-corrected chi connectivity index (χ0v) is 22.1. The molecule has 0 unspecified atom stereocenters. The fourth-order valence-electron chi connectivity index (χ4n) is 10.1. The van der Waals surface area contributed by atoms with E-state index in [1.807, 2.05) is 0 Å². The fraction of sp³-hybridized carbons (Fsp3) is 1.00. The van der Waals surface area contributed by atoms with Crippen molar-refractivity contribution in [1.82, 2.24) is 9.80 Å². The molecule has 3 N–H and O–H groups in total. The average molecular weight is 460 g/mol. The zero-order valence-electron chi connectivity index (χ0n) is 22.1. The van der Waals surface area contributed by atoms with Gasteiger partial charge >= 0.3 is 0 Å². The van der Waals surface area contributed by atoms with Crippen LogP contribution in [-0.2, 0) is 0 Å². The zero-order chi connectivity index (χ0) is 23.4. The van der Waals surface area contributed by atoms with Crippen molar-refractivity contribution in [3.8, 4) is 0 Å². The monoisotopic (exact) mass is 459 g/mol. The van der Waals surface area contributed by atoms with Crippen molar-refractivity contribution >= 4 is 0 Å². The summed E-state index contributed by atoms with van der Waals surface area (Å²) in [7, 11) is 2.24. The number of hydrogen-bond donors (Lipinski definition) is 2. The SMILES string of the molecule is C[C@H](CCCN1CCN(C)CC1)[C@H]1CC[C@H]2[C@@H]3CC[C@@H]4C[C@@H](N)CC[C@]4(C)[C@H]3C[C@H](O)[C@]12C. The molecule has 4 aliphatic carbocycles. The molecular formula is C29H53N3O.